The van der Waals surface area contributed by atoms with Crippen molar-refractivity contribution in [3.63, 3.8) is 0 Å². The molecule has 0 aliphatic heterocycles. The maximum absolute atomic E-state index is 11.7. The van der Waals surface area contributed by atoms with Gasteiger partial charge in [0.25, 0.3) is 0 Å². The fraction of sp³-hybridized carbons (Fsp3) is 0.429. The highest BCUT2D eigenvalue weighted by Crippen LogP contribution is 2.15. The third kappa shape index (κ3) is 4.15. The van der Waals surface area contributed by atoms with Gasteiger partial charge in [0.05, 0.1) is 12.4 Å². The first-order chi connectivity index (χ1) is 9.65. The maximum Gasteiger partial charge on any atom is 0.315 e. The van der Waals surface area contributed by atoms with Crippen molar-refractivity contribution in [1.29, 1.82) is 0 Å². The van der Waals surface area contributed by atoms with Crippen molar-refractivity contribution in [2.24, 2.45) is 0 Å². The van der Waals surface area contributed by atoms with E-state index in [1.165, 1.54) is 0 Å². The summed E-state index contributed by atoms with van der Waals surface area (Å²) in [4.78, 5) is 15.7. The van der Waals surface area contributed by atoms with Crippen LogP contribution in [-0.4, -0.2) is 22.1 Å². The van der Waals surface area contributed by atoms with E-state index in [4.69, 9.17) is 4.42 Å². The number of amides is 2. The van der Waals surface area contributed by atoms with Crippen LogP contribution in [0.25, 0.3) is 0 Å². The number of urea groups is 1. The van der Waals surface area contributed by atoms with Gasteiger partial charge in [-0.2, -0.15) is 0 Å². The smallest absolute Gasteiger partial charge is 0.315 e. The Labute approximate surface area is 118 Å². The Morgan fingerprint density at radius 3 is 3.00 bits per heavy atom. The lowest BCUT2D eigenvalue weighted by Crippen LogP contribution is -2.37. The van der Waals surface area contributed by atoms with Crippen LogP contribution in [0.4, 0.5) is 4.79 Å². The summed E-state index contributed by atoms with van der Waals surface area (Å²) in [5, 5.41) is 5.67. The minimum Gasteiger partial charge on any atom is -0.464 e. The molecule has 0 saturated heterocycles. The highest BCUT2D eigenvalue weighted by Gasteiger charge is 2.11. The molecule has 0 fully saturated rings. The van der Waals surface area contributed by atoms with Gasteiger partial charge in [-0.3, -0.25) is 0 Å². The summed E-state index contributed by atoms with van der Waals surface area (Å²) in [5.41, 5.74) is 0. The molecule has 0 aromatic carbocycles. The summed E-state index contributed by atoms with van der Waals surface area (Å²) in [5.74, 6) is 1.60. The number of hydrogen-bond donors (Lipinski definition) is 2. The van der Waals surface area contributed by atoms with E-state index in [9.17, 15) is 4.79 Å². The van der Waals surface area contributed by atoms with E-state index in [0.717, 1.165) is 24.5 Å². The standard InChI is InChI=1S/C14H20N4O2/c1-11-4-5-13(20-11)12(2)17-14(19)16-6-3-8-18-9-7-15-10-18/h4-5,7,9-10,12H,3,6,8H2,1-2H3,(H2,16,17,19)/t12-/m0/s1. The summed E-state index contributed by atoms with van der Waals surface area (Å²) < 4.78 is 7.45. The maximum atomic E-state index is 11.7. The van der Waals surface area contributed by atoms with Gasteiger partial charge >= 0.3 is 6.03 Å². The highest BCUT2D eigenvalue weighted by atomic mass is 16.3. The van der Waals surface area contributed by atoms with Crippen LogP contribution < -0.4 is 10.6 Å². The molecule has 0 bridgehead atoms. The van der Waals surface area contributed by atoms with Crippen LogP contribution in [0.2, 0.25) is 0 Å². The highest BCUT2D eigenvalue weighted by molar-refractivity contribution is 5.74. The summed E-state index contributed by atoms with van der Waals surface area (Å²) in [6.45, 7) is 5.23. The fourth-order valence-corrected chi connectivity index (χ4v) is 1.89. The van der Waals surface area contributed by atoms with E-state index in [1.54, 1.807) is 12.5 Å². The van der Waals surface area contributed by atoms with Crippen LogP contribution in [0.3, 0.4) is 0 Å². The molecule has 2 aromatic rings. The number of rotatable bonds is 6. The number of nitrogens with one attached hydrogen (secondary N) is 2. The zero-order chi connectivity index (χ0) is 14.4. The number of imidazole rings is 1. The number of furan rings is 1. The number of carbonyl (C=O) groups excluding carboxylic acids is 1. The largest absolute Gasteiger partial charge is 0.464 e. The van der Waals surface area contributed by atoms with E-state index in [2.05, 4.69) is 15.6 Å². The molecule has 0 aliphatic carbocycles. The number of nitrogens with zero attached hydrogens (tertiary/aromatic N) is 2. The second kappa shape index (κ2) is 6.79. The lowest BCUT2D eigenvalue weighted by Gasteiger charge is -2.12. The number of aryl methyl sites for hydroxylation is 2. The molecule has 0 saturated carbocycles. The van der Waals surface area contributed by atoms with Crippen LogP contribution >= 0.6 is 0 Å². The first-order valence-corrected chi connectivity index (χ1v) is 6.71. The Bertz CT molecular complexity index is 533. The molecule has 6 nitrogen and oxygen atoms in total. The molecule has 20 heavy (non-hydrogen) atoms. The molecule has 0 spiro atoms. The minimum absolute atomic E-state index is 0.141. The summed E-state index contributed by atoms with van der Waals surface area (Å²) in [7, 11) is 0. The molecule has 0 aliphatic rings. The van der Waals surface area contributed by atoms with Gasteiger partial charge in [-0.25, -0.2) is 9.78 Å². The quantitative estimate of drug-likeness (QED) is 0.795. The Morgan fingerprint density at radius 1 is 1.50 bits per heavy atom. The average molecular weight is 276 g/mol. The second-order valence-electron chi connectivity index (χ2n) is 4.72. The van der Waals surface area contributed by atoms with Gasteiger partial charge < -0.3 is 19.6 Å². The monoisotopic (exact) mass is 276 g/mol. The van der Waals surface area contributed by atoms with Gasteiger partial charge in [0, 0.05) is 25.5 Å². The van der Waals surface area contributed by atoms with Crippen LogP contribution in [0, 0.1) is 6.92 Å². The molecule has 2 aromatic heterocycles. The molecule has 2 rings (SSSR count). The van der Waals surface area contributed by atoms with Crippen molar-refractivity contribution >= 4 is 6.03 Å². The van der Waals surface area contributed by atoms with Gasteiger partial charge in [0.1, 0.15) is 11.5 Å². The lowest BCUT2D eigenvalue weighted by atomic mass is 10.2. The van der Waals surface area contributed by atoms with Crippen molar-refractivity contribution in [3.8, 4) is 0 Å². The van der Waals surface area contributed by atoms with Crippen molar-refractivity contribution in [1.82, 2.24) is 20.2 Å². The molecule has 0 radical (unpaired) electrons. The third-order valence-corrected chi connectivity index (χ3v) is 2.97. The first-order valence-electron chi connectivity index (χ1n) is 6.71. The van der Waals surface area contributed by atoms with E-state index < -0.39 is 0 Å². The van der Waals surface area contributed by atoms with Crippen molar-refractivity contribution in [2.45, 2.75) is 32.9 Å². The first kappa shape index (κ1) is 14.2. The number of aromatic nitrogens is 2. The lowest BCUT2D eigenvalue weighted by molar-refractivity contribution is 0.235. The van der Waals surface area contributed by atoms with Gasteiger partial charge in [-0.05, 0) is 32.4 Å². The zero-order valence-electron chi connectivity index (χ0n) is 11.8. The molecule has 2 N–H and O–H groups in total. The topological polar surface area (TPSA) is 72.1 Å². The summed E-state index contributed by atoms with van der Waals surface area (Å²) in [6.07, 6.45) is 6.27. The van der Waals surface area contributed by atoms with Crippen LogP contribution in [0.1, 0.15) is 30.9 Å². The molecule has 1 atom stereocenters. The van der Waals surface area contributed by atoms with E-state index in [1.807, 2.05) is 36.7 Å². The molecular weight excluding hydrogens is 256 g/mol. The summed E-state index contributed by atoms with van der Waals surface area (Å²) in [6, 6.07) is 3.44. The fourth-order valence-electron chi connectivity index (χ4n) is 1.89. The average Bonchev–Trinajstić information content (AvgIpc) is 3.06. The molecule has 2 heterocycles. The van der Waals surface area contributed by atoms with Crippen molar-refractivity contribution < 1.29 is 9.21 Å². The predicted octanol–water partition coefficient (Wildman–Crippen LogP) is 2.24. The molecule has 108 valence electrons. The second-order valence-corrected chi connectivity index (χ2v) is 4.72. The van der Waals surface area contributed by atoms with E-state index in [0.29, 0.717) is 6.54 Å². The SMILES string of the molecule is Cc1ccc([C@H](C)NC(=O)NCCCn2ccnc2)o1. The molecule has 6 heteroatoms. The van der Waals surface area contributed by atoms with Crippen molar-refractivity contribution in [3.05, 3.63) is 42.4 Å². The summed E-state index contributed by atoms with van der Waals surface area (Å²) >= 11 is 0. The van der Waals surface area contributed by atoms with E-state index in [-0.39, 0.29) is 12.1 Å². The van der Waals surface area contributed by atoms with E-state index >= 15 is 0 Å². The zero-order valence-corrected chi connectivity index (χ0v) is 11.8. The Morgan fingerprint density at radius 2 is 2.35 bits per heavy atom. The van der Waals surface area contributed by atoms with Crippen LogP contribution in [0.5, 0.6) is 0 Å². The Balaban J connectivity index is 1.65. The molecule has 2 amide bonds. The van der Waals surface area contributed by atoms with Crippen LogP contribution in [-0.2, 0) is 6.54 Å². The van der Waals surface area contributed by atoms with Gasteiger partial charge in [-0.15, -0.1) is 0 Å². The van der Waals surface area contributed by atoms with Crippen LogP contribution in [0.15, 0.2) is 35.3 Å². The Kier molecular flexibility index (Phi) is 4.81. The molecular formula is C14H20N4O2. The minimum atomic E-state index is -0.183. The van der Waals surface area contributed by atoms with Gasteiger partial charge in [0.2, 0.25) is 0 Å². The Hall–Kier alpha value is -2.24. The number of carbonyl (C=O) groups is 1. The third-order valence-electron chi connectivity index (χ3n) is 2.97. The van der Waals surface area contributed by atoms with Gasteiger partial charge in [-0.1, -0.05) is 0 Å². The molecule has 0 unspecified atom stereocenters. The predicted molar refractivity (Wildman–Crippen MR) is 75.2 cm³/mol. The number of hydrogen-bond acceptors (Lipinski definition) is 3. The normalized spacial score (nSPS) is 12.1. The van der Waals surface area contributed by atoms with Gasteiger partial charge in [0.15, 0.2) is 0 Å². The van der Waals surface area contributed by atoms with Crippen molar-refractivity contribution in [2.75, 3.05) is 6.54 Å².